The number of para-hydroxylation sites is 1. The zero-order chi connectivity index (χ0) is 18.2. The van der Waals surface area contributed by atoms with Crippen LogP contribution in [0.2, 0.25) is 0 Å². The first-order valence-electron chi connectivity index (χ1n) is 7.96. The van der Waals surface area contributed by atoms with Gasteiger partial charge in [0, 0.05) is 20.3 Å². The van der Waals surface area contributed by atoms with E-state index in [1.807, 2.05) is 19.1 Å². The van der Waals surface area contributed by atoms with Crippen molar-refractivity contribution in [3.05, 3.63) is 34.6 Å². The van der Waals surface area contributed by atoms with Crippen LogP contribution in [-0.4, -0.2) is 54.7 Å². The van der Waals surface area contributed by atoms with Gasteiger partial charge in [-0.25, -0.2) is 4.98 Å². The number of nitrogens with one attached hydrogen (secondary N) is 1. The Morgan fingerprint density at radius 2 is 2.08 bits per heavy atom. The summed E-state index contributed by atoms with van der Waals surface area (Å²) >= 11 is 1.24. The summed E-state index contributed by atoms with van der Waals surface area (Å²) in [5.74, 6) is 0.0430. The number of methoxy groups -OCH3 is 2. The number of thioether (sulfide) groups is 1. The number of ether oxygens (including phenoxy) is 2. The van der Waals surface area contributed by atoms with Gasteiger partial charge in [-0.3, -0.25) is 14.2 Å². The van der Waals surface area contributed by atoms with Crippen molar-refractivity contribution in [3.63, 3.8) is 0 Å². The summed E-state index contributed by atoms with van der Waals surface area (Å²) < 4.78 is 11.6. The maximum absolute atomic E-state index is 12.7. The number of fused-ring (bicyclic) bond motifs is 1. The van der Waals surface area contributed by atoms with Crippen LogP contribution in [0.4, 0.5) is 0 Å². The van der Waals surface area contributed by atoms with Gasteiger partial charge >= 0.3 is 0 Å². The Balaban J connectivity index is 2.20. The van der Waals surface area contributed by atoms with Crippen molar-refractivity contribution in [2.75, 3.05) is 33.2 Å². The van der Waals surface area contributed by atoms with Crippen molar-refractivity contribution >= 4 is 28.6 Å². The fourth-order valence-electron chi connectivity index (χ4n) is 2.38. The fourth-order valence-corrected chi connectivity index (χ4v) is 3.21. The molecule has 2 rings (SSSR count). The molecule has 1 N–H and O–H groups in total. The monoisotopic (exact) mass is 365 g/mol. The maximum Gasteiger partial charge on any atom is 0.262 e. The maximum atomic E-state index is 12.7. The Bertz CT molecular complexity index is 778. The van der Waals surface area contributed by atoms with Crippen molar-refractivity contribution < 1.29 is 14.3 Å². The molecule has 8 heteroatoms. The Morgan fingerprint density at radius 1 is 1.32 bits per heavy atom. The standard InChI is InChI=1S/C17H23N3O4S/c1-12(10-24-3)18-15(21)11-25-17-19-14-7-5-4-6-13(14)16(22)20(17)8-9-23-2/h4-7,12H,8-11H2,1-3H3,(H,18,21)/t12-/m0/s1. The zero-order valence-corrected chi connectivity index (χ0v) is 15.5. The van der Waals surface area contributed by atoms with Crippen molar-refractivity contribution in [2.24, 2.45) is 0 Å². The number of carbonyl (C=O) groups is 1. The highest BCUT2D eigenvalue weighted by molar-refractivity contribution is 7.99. The molecule has 0 aliphatic heterocycles. The molecular formula is C17H23N3O4S. The van der Waals surface area contributed by atoms with Crippen LogP contribution < -0.4 is 10.9 Å². The van der Waals surface area contributed by atoms with Gasteiger partial charge in [0.25, 0.3) is 5.56 Å². The second kappa shape index (κ2) is 9.55. The summed E-state index contributed by atoms with van der Waals surface area (Å²) in [5.41, 5.74) is 0.495. The molecule has 0 aliphatic carbocycles. The van der Waals surface area contributed by atoms with E-state index in [0.29, 0.717) is 35.8 Å². The van der Waals surface area contributed by atoms with E-state index >= 15 is 0 Å². The number of benzene rings is 1. The van der Waals surface area contributed by atoms with E-state index in [1.54, 1.807) is 30.9 Å². The van der Waals surface area contributed by atoms with E-state index in [1.165, 1.54) is 11.8 Å². The molecule has 1 aromatic heterocycles. The lowest BCUT2D eigenvalue weighted by Gasteiger charge is -2.14. The number of nitrogens with zero attached hydrogens (tertiary/aromatic N) is 2. The molecule has 0 bridgehead atoms. The minimum atomic E-state index is -0.129. The normalized spacial score (nSPS) is 12.3. The quantitative estimate of drug-likeness (QED) is 0.533. The van der Waals surface area contributed by atoms with Crippen molar-refractivity contribution in [3.8, 4) is 0 Å². The average Bonchev–Trinajstić information content (AvgIpc) is 2.59. The van der Waals surface area contributed by atoms with Gasteiger partial charge in [0.2, 0.25) is 5.91 Å². The van der Waals surface area contributed by atoms with Crippen molar-refractivity contribution in [1.82, 2.24) is 14.9 Å². The minimum Gasteiger partial charge on any atom is -0.383 e. The molecule has 0 saturated carbocycles. The van der Waals surface area contributed by atoms with E-state index in [-0.39, 0.29) is 23.3 Å². The molecule has 1 amide bonds. The molecule has 0 unspecified atom stereocenters. The second-order valence-corrected chi connectivity index (χ2v) is 6.52. The van der Waals surface area contributed by atoms with Crippen LogP contribution >= 0.6 is 11.8 Å². The Hall–Kier alpha value is -1.90. The number of hydrogen-bond donors (Lipinski definition) is 1. The average molecular weight is 365 g/mol. The van der Waals surface area contributed by atoms with Gasteiger partial charge < -0.3 is 14.8 Å². The molecule has 136 valence electrons. The molecule has 1 aromatic carbocycles. The lowest BCUT2D eigenvalue weighted by Crippen LogP contribution is -2.36. The van der Waals surface area contributed by atoms with Gasteiger partial charge in [0.15, 0.2) is 5.16 Å². The molecule has 7 nitrogen and oxygen atoms in total. The van der Waals surface area contributed by atoms with Crippen LogP contribution in [0.25, 0.3) is 10.9 Å². The first-order chi connectivity index (χ1) is 12.1. The number of hydrogen-bond acceptors (Lipinski definition) is 6. The topological polar surface area (TPSA) is 82.4 Å². The van der Waals surface area contributed by atoms with Crippen LogP contribution in [0.1, 0.15) is 6.92 Å². The molecule has 0 aliphatic rings. The second-order valence-electron chi connectivity index (χ2n) is 5.57. The highest BCUT2D eigenvalue weighted by atomic mass is 32.2. The van der Waals surface area contributed by atoms with Gasteiger partial charge in [0.05, 0.1) is 36.4 Å². The van der Waals surface area contributed by atoms with Crippen LogP contribution in [-0.2, 0) is 20.8 Å². The van der Waals surface area contributed by atoms with E-state index < -0.39 is 0 Å². The summed E-state index contributed by atoms with van der Waals surface area (Å²) in [6, 6.07) is 7.12. The fraction of sp³-hybridized carbons (Fsp3) is 0.471. The number of aromatic nitrogens is 2. The highest BCUT2D eigenvalue weighted by Crippen LogP contribution is 2.17. The summed E-state index contributed by atoms with van der Waals surface area (Å²) in [6.45, 7) is 3.10. The van der Waals surface area contributed by atoms with Crippen LogP contribution in [0, 0.1) is 0 Å². The van der Waals surface area contributed by atoms with E-state index in [4.69, 9.17) is 9.47 Å². The molecule has 1 atom stereocenters. The molecule has 0 radical (unpaired) electrons. The van der Waals surface area contributed by atoms with Crippen LogP contribution in [0.15, 0.2) is 34.2 Å². The first-order valence-corrected chi connectivity index (χ1v) is 8.95. The minimum absolute atomic E-state index is 0.0710. The van der Waals surface area contributed by atoms with Crippen LogP contribution in [0.5, 0.6) is 0 Å². The Kier molecular flexibility index (Phi) is 7.42. The van der Waals surface area contributed by atoms with Crippen LogP contribution in [0.3, 0.4) is 0 Å². The van der Waals surface area contributed by atoms with Gasteiger partial charge in [-0.2, -0.15) is 0 Å². The predicted molar refractivity (Wildman–Crippen MR) is 98.1 cm³/mol. The van der Waals surface area contributed by atoms with Gasteiger partial charge in [-0.15, -0.1) is 0 Å². The summed E-state index contributed by atoms with van der Waals surface area (Å²) in [5, 5.41) is 3.91. The molecule has 1 heterocycles. The van der Waals surface area contributed by atoms with Gasteiger partial charge in [0.1, 0.15) is 0 Å². The molecule has 0 saturated heterocycles. The summed E-state index contributed by atoms with van der Waals surface area (Å²) in [4.78, 5) is 29.3. The lowest BCUT2D eigenvalue weighted by molar-refractivity contribution is -0.119. The summed E-state index contributed by atoms with van der Waals surface area (Å²) in [6.07, 6.45) is 0. The first kappa shape index (κ1) is 19.4. The smallest absolute Gasteiger partial charge is 0.262 e. The molecule has 2 aromatic rings. The van der Waals surface area contributed by atoms with E-state index in [9.17, 15) is 9.59 Å². The van der Waals surface area contributed by atoms with Gasteiger partial charge in [-0.05, 0) is 19.1 Å². The molecular weight excluding hydrogens is 342 g/mol. The third kappa shape index (κ3) is 5.29. The molecule has 0 fully saturated rings. The number of amides is 1. The van der Waals surface area contributed by atoms with Crippen molar-refractivity contribution in [1.29, 1.82) is 0 Å². The Labute approximate surface area is 150 Å². The third-order valence-electron chi connectivity index (χ3n) is 3.50. The molecule has 0 spiro atoms. The highest BCUT2D eigenvalue weighted by Gasteiger charge is 2.14. The largest absolute Gasteiger partial charge is 0.383 e. The summed E-state index contributed by atoms with van der Waals surface area (Å²) in [7, 11) is 3.17. The van der Waals surface area contributed by atoms with Gasteiger partial charge in [-0.1, -0.05) is 23.9 Å². The van der Waals surface area contributed by atoms with E-state index in [2.05, 4.69) is 10.3 Å². The van der Waals surface area contributed by atoms with Crippen molar-refractivity contribution in [2.45, 2.75) is 24.7 Å². The van der Waals surface area contributed by atoms with E-state index in [0.717, 1.165) is 0 Å². The lowest BCUT2D eigenvalue weighted by atomic mass is 10.2. The number of rotatable bonds is 9. The zero-order valence-electron chi connectivity index (χ0n) is 14.7. The molecule has 25 heavy (non-hydrogen) atoms. The SMILES string of the molecule is COCCn1c(SCC(=O)N[C@@H](C)COC)nc2ccccc2c1=O. The number of carbonyl (C=O) groups excluding carboxylic acids is 1. The third-order valence-corrected chi connectivity index (χ3v) is 4.48. The Morgan fingerprint density at radius 3 is 2.80 bits per heavy atom. The predicted octanol–water partition coefficient (Wildman–Crippen LogP) is 1.29.